The number of pyridine rings is 1. The Morgan fingerprint density at radius 1 is 1.05 bits per heavy atom. The summed E-state index contributed by atoms with van der Waals surface area (Å²) >= 11 is 0. The van der Waals surface area contributed by atoms with E-state index >= 15 is 0 Å². The third-order valence-corrected chi connectivity index (χ3v) is 5.18. The topological polar surface area (TPSA) is 122 Å². The Kier molecular flexibility index (Phi) is 10.9. The minimum atomic E-state index is -5.08. The second kappa shape index (κ2) is 13.4. The smallest absolute Gasteiger partial charge is 0.475 e. The van der Waals surface area contributed by atoms with Gasteiger partial charge in [0.15, 0.2) is 0 Å². The van der Waals surface area contributed by atoms with Gasteiger partial charge in [-0.3, -0.25) is 9.88 Å². The minimum Gasteiger partial charge on any atom is -0.475 e. The fourth-order valence-electron chi connectivity index (χ4n) is 3.61. The quantitative estimate of drug-likeness (QED) is 0.542. The van der Waals surface area contributed by atoms with Crippen LogP contribution >= 0.6 is 0 Å². The molecule has 0 radical (unpaired) electrons. The van der Waals surface area contributed by atoms with E-state index in [1.54, 1.807) is 12.5 Å². The maximum Gasteiger partial charge on any atom is 0.490 e. The molecule has 2 aromatic heterocycles. The molecule has 2 fully saturated rings. The molecule has 0 unspecified atom stereocenters. The van der Waals surface area contributed by atoms with Crippen molar-refractivity contribution in [3.63, 3.8) is 0 Å². The van der Waals surface area contributed by atoms with Gasteiger partial charge < -0.3 is 24.1 Å². The second-order valence-corrected chi connectivity index (χ2v) is 7.83. The zero-order valence-electron chi connectivity index (χ0n) is 19.1. The zero-order chi connectivity index (χ0) is 27.6. The number of carbonyl (C=O) groups is 2. The minimum absolute atomic E-state index is 0.0947. The van der Waals surface area contributed by atoms with E-state index in [4.69, 9.17) is 33.7 Å². The van der Waals surface area contributed by atoms with Crippen molar-refractivity contribution in [1.29, 1.82) is 0 Å². The fourth-order valence-corrected chi connectivity index (χ4v) is 3.61. The third kappa shape index (κ3) is 10.0. The van der Waals surface area contributed by atoms with Crippen LogP contribution in [0.5, 0.6) is 0 Å². The highest BCUT2D eigenvalue weighted by Gasteiger charge is 2.45. The monoisotopic (exact) mass is 542 g/mol. The lowest BCUT2D eigenvalue weighted by Gasteiger charge is -2.31. The molecule has 15 heteroatoms. The molecule has 2 saturated heterocycles. The molecular formula is C22H24F6N2O7. The maximum absolute atomic E-state index is 10.6. The van der Waals surface area contributed by atoms with Gasteiger partial charge in [-0.1, -0.05) is 6.07 Å². The Morgan fingerprint density at radius 3 is 2.22 bits per heavy atom. The Morgan fingerprint density at radius 2 is 1.70 bits per heavy atom. The van der Waals surface area contributed by atoms with Crippen molar-refractivity contribution in [2.24, 2.45) is 0 Å². The Bertz CT molecular complexity index is 946. The highest BCUT2D eigenvalue weighted by molar-refractivity contribution is 5.73. The summed E-state index contributed by atoms with van der Waals surface area (Å²) in [5.41, 5.74) is 0.962. The molecular weight excluding hydrogens is 518 g/mol. The number of furan rings is 1. The molecule has 0 bridgehead atoms. The number of rotatable bonds is 5. The highest BCUT2D eigenvalue weighted by atomic mass is 19.4. The summed E-state index contributed by atoms with van der Waals surface area (Å²) in [6, 6.07) is 10.3. The predicted octanol–water partition coefficient (Wildman–Crippen LogP) is 3.89. The number of hydrogen-bond donors (Lipinski definition) is 2. The van der Waals surface area contributed by atoms with E-state index < -0.39 is 24.3 Å². The molecule has 0 amide bonds. The van der Waals surface area contributed by atoms with Crippen molar-refractivity contribution in [2.45, 2.75) is 56.6 Å². The van der Waals surface area contributed by atoms with Gasteiger partial charge in [-0.05, 0) is 37.1 Å². The lowest BCUT2D eigenvalue weighted by atomic mass is 10.0. The van der Waals surface area contributed by atoms with Crippen LogP contribution in [0.25, 0.3) is 0 Å². The first kappa shape index (κ1) is 30.1. The second-order valence-electron chi connectivity index (χ2n) is 7.83. The van der Waals surface area contributed by atoms with E-state index in [0.29, 0.717) is 12.6 Å². The molecule has 2 aromatic rings. The third-order valence-electron chi connectivity index (χ3n) is 5.18. The van der Waals surface area contributed by atoms with Gasteiger partial charge in [0.1, 0.15) is 11.9 Å². The first-order chi connectivity index (χ1) is 17.3. The molecule has 4 heterocycles. The van der Waals surface area contributed by atoms with Crippen molar-refractivity contribution in [3.05, 3.63) is 54.2 Å². The van der Waals surface area contributed by atoms with Gasteiger partial charge in [-0.15, -0.1) is 0 Å². The van der Waals surface area contributed by atoms with Crippen molar-refractivity contribution in [2.75, 3.05) is 13.2 Å². The molecule has 0 aliphatic carbocycles. The SMILES string of the molecule is O=C(O)C(F)(F)F.O=C(O)C(F)(F)F.c1ccc(CO[C@@H]2CN(Cc3ccco3)[C@H]3CCCO[C@@H]23)nc1. The van der Waals surface area contributed by atoms with Gasteiger partial charge >= 0.3 is 24.3 Å². The number of likely N-dealkylation sites (tertiary alicyclic amines) is 1. The average Bonchev–Trinajstić information content (AvgIpc) is 3.46. The van der Waals surface area contributed by atoms with Crippen LogP contribution in [-0.2, 0) is 32.2 Å². The molecule has 2 aliphatic heterocycles. The van der Waals surface area contributed by atoms with Crippen LogP contribution in [0.2, 0.25) is 0 Å². The number of carboxylic acid groups (broad SMARTS) is 2. The zero-order valence-corrected chi connectivity index (χ0v) is 19.1. The van der Waals surface area contributed by atoms with Crippen LogP contribution in [0, 0.1) is 0 Å². The normalized spacial score (nSPS) is 21.6. The standard InChI is InChI=1S/C18H22N2O3.2C2HF3O2/c1-2-8-19-14(5-1)13-23-17-12-20(11-15-6-3-9-21-15)16-7-4-10-22-18(16)17;2*3-2(4,5)1(6)7/h1-3,5-6,8-9,16-18H,4,7,10-13H2;2*(H,6,7)/t16-,17+,18+;;/m0../s1. The first-order valence-corrected chi connectivity index (χ1v) is 10.8. The summed E-state index contributed by atoms with van der Waals surface area (Å²) in [4.78, 5) is 24.6. The van der Waals surface area contributed by atoms with Crippen molar-refractivity contribution in [1.82, 2.24) is 9.88 Å². The van der Waals surface area contributed by atoms with Crippen LogP contribution in [0.15, 0.2) is 47.2 Å². The number of nitrogens with zero attached hydrogens (tertiary/aromatic N) is 2. The molecule has 37 heavy (non-hydrogen) atoms. The molecule has 3 atom stereocenters. The van der Waals surface area contributed by atoms with E-state index in [1.807, 2.05) is 30.3 Å². The number of ether oxygens (including phenoxy) is 2. The van der Waals surface area contributed by atoms with Gasteiger partial charge in [0, 0.05) is 25.4 Å². The fraction of sp³-hybridized carbons (Fsp3) is 0.500. The number of aromatic nitrogens is 1. The largest absolute Gasteiger partial charge is 0.490 e. The van der Waals surface area contributed by atoms with Gasteiger partial charge in [0.2, 0.25) is 0 Å². The first-order valence-electron chi connectivity index (χ1n) is 10.8. The lowest BCUT2D eigenvalue weighted by Crippen LogP contribution is -2.41. The Balaban J connectivity index is 0.000000286. The van der Waals surface area contributed by atoms with Crippen molar-refractivity contribution < 1.29 is 60.0 Å². The average molecular weight is 542 g/mol. The van der Waals surface area contributed by atoms with E-state index in [-0.39, 0.29) is 12.2 Å². The van der Waals surface area contributed by atoms with Crippen LogP contribution in [0.1, 0.15) is 24.3 Å². The van der Waals surface area contributed by atoms with E-state index in [2.05, 4.69) is 9.88 Å². The van der Waals surface area contributed by atoms with E-state index in [1.165, 1.54) is 0 Å². The van der Waals surface area contributed by atoms with Crippen molar-refractivity contribution >= 4 is 11.9 Å². The van der Waals surface area contributed by atoms with Gasteiger partial charge in [-0.25, -0.2) is 9.59 Å². The van der Waals surface area contributed by atoms with E-state index in [9.17, 15) is 26.3 Å². The van der Waals surface area contributed by atoms with Crippen molar-refractivity contribution in [3.8, 4) is 0 Å². The van der Waals surface area contributed by atoms with Gasteiger partial charge in [0.05, 0.1) is 31.2 Å². The summed E-state index contributed by atoms with van der Waals surface area (Å²) in [6.45, 7) is 3.07. The molecule has 0 saturated carbocycles. The van der Waals surface area contributed by atoms with Gasteiger partial charge in [-0.2, -0.15) is 26.3 Å². The molecule has 0 aromatic carbocycles. The summed E-state index contributed by atoms with van der Waals surface area (Å²) in [5.74, 6) is -4.51. The number of halogens is 6. The lowest BCUT2D eigenvalue weighted by molar-refractivity contribution is -0.193. The Labute approximate surface area is 206 Å². The number of aliphatic carboxylic acids is 2. The summed E-state index contributed by atoms with van der Waals surface area (Å²) in [6.07, 6.45) is -4.11. The van der Waals surface area contributed by atoms with E-state index in [0.717, 1.165) is 44.0 Å². The predicted molar refractivity (Wildman–Crippen MR) is 112 cm³/mol. The molecule has 4 rings (SSSR count). The van der Waals surface area contributed by atoms with Crippen LogP contribution in [0.4, 0.5) is 26.3 Å². The number of fused-ring (bicyclic) bond motifs is 1. The molecule has 2 aliphatic rings. The summed E-state index contributed by atoms with van der Waals surface area (Å²) < 4.78 is 81.2. The number of carboxylic acids is 2. The summed E-state index contributed by atoms with van der Waals surface area (Å²) in [7, 11) is 0. The van der Waals surface area contributed by atoms with Crippen LogP contribution in [0.3, 0.4) is 0 Å². The molecule has 9 nitrogen and oxygen atoms in total. The van der Waals surface area contributed by atoms with Crippen LogP contribution in [-0.4, -0.2) is 75.8 Å². The number of alkyl halides is 6. The number of hydrogen-bond acceptors (Lipinski definition) is 7. The molecule has 206 valence electrons. The molecule has 2 N–H and O–H groups in total. The molecule has 0 spiro atoms. The van der Waals surface area contributed by atoms with Crippen LogP contribution < -0.4 is 0 Å². The summed E-state index contributed by atoms with van der Waals surface area (Å²) in [5, 5.41) is 14.2. The highest BCUT2D eigenvalue weighted by Crippen LogP contribution is 2.32. The maximum atomic E-state index is 10.6. The Hall–Kier alpha value is -3.17. The van der Waals surface area contributed by atoms with Gasteiger partial charge in [0.25, 0.3) is 0 Å².